The molecule has 76 valence electrons. The van der Waals surface area contributed by atoms with Crippen molar-refractivity contribution in [2.75, 3.05) is 19.7 Å². The molecule has 6 heteroatoms. The van der Waals surface area contributed by atoms with Crippen LogP contribution in [0.5, 0.6) is 0 Å². The number of carboxylic acids is 1. The third kappa shape index (κ3) is 7.20. The molecule has 0 aliphatic heterocycles. The summed E-state index contributed by atoms with van der Waals surface area (Å²) < 4.78 is 23.7. The van der Waals surface area contributed by atoms with E-state index >= 15 is 0 Å². The fourth-order valence-corrected chi connectivity index (χ4v) is 0.702. The number of carbonyl (C=O) groups is 1. The third-order valence-corrected chi connectivity index (χ3v) is 1.19. The summed E-state index contributed by atoms with van der Waals surface area (Å²) in [6, 6.07) is 0. The molecule has 0 aromatic heterocycles. The van der Waals surface area contributed by atoms with E-state index in [9.17, 15) is 13.6 Å². The number of hydrogen-bond donors (Lipinski definition) is 2. The van der Waals surface area contributed by atoms with Crippen molar-refractivity contribution in [2.45, 2.75) is 6.43 Å². The van der Waals surface area contributed by atoms with Gasteiger partial charge in [-0.05, 0) is 0 Å². The smallest absolute Gasteiger partial charge is 0.329 e. The molecule has 0 saturated heterocycles. The summed E-state index contributed by atoms with van der Waals surface area (Å²) in [5, 5.41) is 16.6. The van der Waals surface area contributed by atoms with Crippen LogP contribution in [0.15, 0.2) is 12.3 Å². The Labute approximate surface area is 74.1 Å². The van der Waals surface area contributed by atoms with Gasteiger partial charge in [0.2, 0.25) is 0 Å². The van der Waals surface area contributed by atoms with Crippen LogP contribution in [0.1, 0.15) is 0 Å². The van der Waals surface area contributed by atoms with Crippen molar-refractivity contribution >= 4 is 5.97 Å². The van der Waals surface area contributed by atoms with E-state index in [4.69, 9.17) is 10.2 Å². The number of aliphatic hydroxyl groups excluding tert-OH is 1. The topological polar surface area (TPSA) is 60.8 Å². The first-order valence-corrected chi connectivity index (χ1v) is 3.60. The molecule has 0 aliphatic carbocycles. The molecule has 0 aromatic rings. The molecule has 0 unspecified atom stereocenters. The normalized spacial score (nSPS) is 11.1. The lowest BCUT2D eigenvalue weighted by Crippen LogP contribution is -2.26. The quantitative estimate of drug-likeness (QED) is 0.592. The summed E-state index contributed by atoms with van der Waals surface area (Å²) >= 11 is 0. The molecule has 0 atom stereocenters. The lowest BCUT2D eigenvalue weighted by molar-refractivity contribution is -0.131. The second kappa shape index (κ2) is 6.36. The fraction of sp³-hybridized carbons (Fsp3) is 0.571. The Morgan fingerprint density at radius 2 is 2.15 bits per heavy atom. The van der Waals surface area contributed by atoms with Crippen LogP contribution >= 0.6 is 0 Å². The second-order valence-electron chi connectivity index (χ2n) is 2.26. The van der Waals surface area contributed by atoms with Crippen LogP contribution in [0.25, 0.3) is 0 Å². The zero-order valence-electron chi connectivity index (χ0n) is 6.86. The van der Waals surface area contributed by atoms with Crippen molar-refractivity contribution in [3.8, 4) is 0 Å². The zero-order chi connectivity index (χ0) is 10.3. The number of rotatable bonds is 6. The van der Waals surface area contributed by atoms with Gasteiger partial charge in [0.15, 0.2) is 0 Å². The predicted molar refractivity (Wildman–Crippen MR) is 41.4 cm³/mol. The van der Waals surface area contributed by atoms with Gasteiger partial charge in [0.05, 0.1) is 13.2 Å². The van der Waals surface area contributed by atoms with Crippen LogP contribution in [0.2, 0.25) is 0 Å². The van der Waals surface area contributed by atoms with E-state index in [1.165, 1.54) is 0 Å². The maximum atomic E-state index is 11.8. The Kier molecular flexibility index (Phi) is 5.79. The molecule has 0 fully saturated rings. The van der Waals surface area contributed by atoms with E-state index in [1.54, 1.807) is 0 Å². The van der Waals surface area contributed by atoms with Crippen LogP contribution in [0.4, 0.5) is 8.78 Å². The highest BCUT2D eigenvalue weighted by molar-refractivity contribution is 5.79. The summed E-state index contributed by atoms with van der Waals surface area (Å²) in [6.45, 7) is -0.880. The Bertz CT molecular complexity index is 185. The highest BCUT2D eigenvalue weighted by Crippen LogP contribution is 1.98. The molecule has 4 nitrogen and oxygen atoms in total. The molecule has 0 saturated carbocycles. The molecule has 0 amide bonds. The number of alkyl halides is 2. The Morgan fingerprint density at radius 3 is 2.54 bits per heavy atom. The summed E-state index contributed by atoms with van der Waals surface area (Å²) in [5.41, 5.74) is 0. The van der Waals surface area contributed by atoms with Gasteiger partial charge in [-0.2, -0.15) is 0 Å². The Morgan fingerprint density at radius 1 is 1.54 bits per heavy atom. The SMILES string of the molecule is O=C(O)/C=C/N(CCO)CC(F)F. The highest BCUT2D eigenvalue weighted by atomic mass is 19.3. The van der Waals surface area contributed by atoms with E-state index in [2.05, 4.69) is 0 Å². The van der Waals surface area contributed by atoms with Crippen LogP contribution < -0.4 is 0 Å². The van der Waals surface area contributed by atoms with Gasteiger partial charge >= 0.3 is 5.97 Å². The third-order valence-electron chi connectivity index (χ3n) is 1.19. The molecule has 0 rings (SSSR count). The van der Waals surface area contributed by atoms with E-state index in [-0.39, 0.29) is 13.2 Å². The fourth-order valence-electron chi connectivity index (χ4n) is 0.702. The summed E-state index contributed by atoms with van der Waals surface area (Å²) in [4.78, 5) is 11.1. The molecule has 0 aromatic carbocycles. The van der Waals surface area contributed by atoms with Crippen molar-refractivity contribution in [3.63, 3.8) is 0 Å². The molecule has 0 bridgehead atoms. The average Bonchev–Trinajstić information content (AvgIpc) is 1.99. The minimum Gasteiger partial charge on any atom is -0.478 e. The van der Waals surface area contributed by atoms with Crippen molar-refractivity contribution in [2.24, 2.45) is 0 Å². The minimum absolute atomic E-state index is 0.00583. The lowest BCUT2D eigenvalue weighted by Gasteiger charge is -2.17. The number of hydrogen-bond acceptors (Lipinski definition) is 3. The van der Waals surface area contributed by atoms with Crippen LogP contribution in [-0.2, 0) is 4.79 Å². The van der Waals surface area contributed by atoms with E-state index in [0.717, 1.165) is 17.2 Å². The zero-order valence-corrected chi connectivity index (χ0v) is 6.86. The highest BCUT2D eigenvalue weighted by Gasteiger charge is 2.07. The lowest BCUT2D eigenvalue weighted by atomic mass is 10.5. The standard InChI is InChI=1S/C7H11F2NO3/c8-6(9)5-10(3-4-11)2-1-7(12)13/h1-2,6,11H,3-5H2,(H,12,13)/b2-1+. The van der Waals surface area contributed by atoms with Gasteiger partial charge in [0.1, 0.15) is 0 Å². The summed E-state index contributed by atoms with van der Waals surface area (Å²) in [7, 11) is 0. The first-order chi connectivity index (χ1) is 6.06. The van der Waals surface area contributed by atoms with Gasteiger partial charge in [0, 0.05) is 18.8 Å². The molecular weight excluding hydrogens is 184 g/mol. The maximum Gasteiger partial charge on any atom is 0.329 e. The number of carboxylic acid groups (broad SMARTS) is 1. The molecule has 0 aliphatic rings. The molecule has 0 spiro atoms. The number of aliphatic carboxylic acids is 1. The van der Waals surface area contributed by atoms with Crippen molar-refractivity contribution in [3.05, 3.63) is 12.3 Å². The average molecular weight is 195 g/mol. The molecule has 13 heavy (non-hydrogen) atoms. The summed E-state index contributed by atoms with van der Waals surface area (Å²) in [6.07, 6.45) is -0.784. The maximum absolute atomic E-state index is 11.8. The largest absolute Gasteiger partial charge is 0.478 e. The van der Waals surface area contributed by atoms with Crippen LogP contribution in [0, 0.1) is 0 Å². The van der Waals surface area contributed by atoms with E-state index in [0.29, 0.717) is 0 Å². The van der Waals surface area contributed by atoms with E-state index < -0.39 is 18.9 Å². The first kappa shape index (κ1) is 11.8. The van der Waals surface area contributed by atoms with Crippen molar-refractivity contribution < 1.29 is 23.8 Å². The Balaban J connectivity index is 4.00. The molecule has 2 N–H and O–H groups in total. The van der Waals surface area contributed by atoms with Gasteiger partial charge in [0.25, 0.3) is 6.43 Å². The van der Waals surface area contributed by atoms with Gasteiger partial charge in [-0.25, -0.2) is 13.6 Å². The Hall–Kier alpha value is -1.17. The number of aliphatic hydroxyl groups is 1. The van der Waals surface area contributed by atoms with E-state index in [1.807, 2.05) is 0 Å². The second-order valence-corrected chi connectivity index (χ2v) is 2.26. The van der Waals surface area contributed by atoms with Crippen molar-refractivity contribution in [1.29, 1.82) is 0 Å². The molecule has 0 heterocycles. The monoisotopic (exact) mass is 195 g/mol. The predicted octanol–water partition coefficient (Wildman–Crippen LogP) is 0.144. The van der Waals surface area contributed by atoms with Gasteiger partial charge in [-0.15, -0.1) is 0 Å². The van der Waals surface area contributed by atoms with Gasteiger partial charge in [-0.3, -0.25) is 0 Å². The van der Waals surface area contributed by atoms with Crippen LogP contribution in [0.3, 0.4) is 0 Å². The van der Waals surface area contributed by atoms with Crippen LogP contribution in [-0.4, -0.2) is 47.2 Å². The van der Waals surface area contributed by atoms with Gasteiger partial charge < -0.3 is 15.1 Å². The first-order valence-electron chi connectivity index (χ1n) is 3.60. The minimum atomic E-state index is -2.55. The number of nitrogens with zero attached hydrogens (tertiary/aromatic N) is 1. The molecule has 0 radical (unpaired) electrons. The van der Waals surface area contributed by atoms with Gasteiger partial charge in [-0.1, -0.05) is 0 Å². The molecular formula is C7H11F2NO3. The van der Waals surface area contributed by atoms with Crippen molar-refractivity contribution in [1.82, 2.24) is 4.90 Å². The summed E-state index contributed by atoms with van der Waals surface area (Å²) in [5.74, 6) is -1.21. The number of halogens is 2.